The summed E-state index contributed by atoms with van der Waals surface area (Å²) < 4.78 is 0. The Morgan fingerprint density at radius 1 is 1.28 bits per heavy atom. The molecule has 0 bridgehead atoms. The summed E-state index contributed by atoms with van der Waals surface area (Å²) in [4.78, 5) is 0. The molecular weight excluding hydrogens is 220 g/mol. The number of benzene rings is 1. The first kappa shape index (κ1) is 13.6. The van der Waals surface area contributed by atoms with Crippen molar-refractivity contribution < 1.29 is 5.11 Å². The van der Waals surface area contributed by atoms with Crippen molar-refractivity contribution in [2.45, 2.75) is 64.4 Å². The molecule has 1 N–H and O–H groups in total. The Kier molecular flexibility index (Phi) is 4.82. The molecule has 1 heteroatoms. The number of fused-ring (bicyclic) bond motifs is 1. The van der Waals surface area contributed by atoms with Crippen molar-refractivity contribution in [1.29, 1.82) is 0 Å². The fourth-order valence-corrected chi connectivity index (χ4v) is 3.19. The van der Waals surface area contributed by atoms with Crippen LogP contribution in [0.5, 0.6) is 0 Å². The second-order valence-corrected chi connectivity index (χ2v) is 5.71. The molecule has 1 aromatic carbocycles. The van der Waals surface area contributed by atoms with Crippen molar-refractivity contribution in [2.75, 3.05) is 0 Å². The minimum atomic E-state index is -0.111. The van der Waals surface area contributed by atoms with Gasteiger partial charge < -0.3 is 5.11 Å². The molecule has 0 saturated carbocycles. The molecular formula is C17H26O. The van der Waals surface area contributed by atoms with E-state index in [-0.39, 0.29) is 6.10 Å². The van der Waals surface area contributed by atoms with Gasteiger partial charge in [-0.05, 0) is 42.2 Å². The SMILES string of the molecule is CCCCC(CC)C(O)CC1Cc2ccccc21. The van der Waals surface area contributed by atoms with Gasteiger partial charge in [0.25, 0.3) is 0 Å². The van der Waals surface area contributed by atoms with Gasteiger partial charge in [0.2, 0.25) is 0 Å². The second kappa shape index (κ2) is 6.38. The maximum absolute atomic E-state index is 10.4. The van der Waals surface area contributed by atoms with Gasteiger partial charge in [-0.15, -0.1) is 0 Å². The Labute approximate surface area is 111 Å². The molecule has 18 heavy (non-hydrogen) atoms. The molecule has 3 atom stereocenters. The van der Waals surface area contributed by atoms with E-state index in [9.17, 15) is 5.11 Å². The Morgan fingerprint density at radius 2 is 2.06 bits per heavy atom. The Balaban J connectivity index is 1.86. The van der Waals surface area contributed by atoms with E-state index in [1.54, 1.807) is 0 Å². The Bertz CT molecular complexity index is 372. The molecule has 1 aromatic rings. The molecule has 1 aliphatic rings. The van der Waals surface area contributed by atoms with Crippen LogP contribution in [0.1, 0.15) is 63.0 Å². The third kappa shape index (κ3) is 2.95. The van der Waals surface area contributed by atoms with Crippen molar-refractivity contribution in [3.8, 4) is 0 Å². The van der Waals surface area contributed by atoms with Gasteiger partial charge in [-0.3, -0.25) is 0 Å². The van der Waals surface area contributed by atoms with E-state index >= 15 is 0 Å². The lowest BCUT2D eigenvalue weighted by Crippen LogP contribution is -2.27. The van der Waals surface area contributed by atoms with Crippen LogP contribution in [-0.2, 0) is 6.42 Å². The van der Waals surface area contributed by atoms with Gasteiger partial charge in [-0.1, -0.05) is 57.4 Å². The number of aliphatic hydroxyl groups excluding tert-OH is 1. The zero-order valence-electron chi connectivity index (χ0n) is 11.7. The number of unbranched alkanes of at least 4 members (excludes halogenated alkanes) is 1. The van der Waals surface area contributed by atoms with Crippen LogP contribution in [-0.4, -0.2) is 11.2 Å². The molecule has 0 amide bonds. The number of rotatable bonds is 7. The summed E-state index contributed by atoms with van der Waals surface area (Å²) in [6.07, 6.45) is 6.78. The fraction of sp³-hybridized carbons (Fsp3) is 0.647. The lowest BCUT2D eigenvalue weighted by Gasteiger charge is -2.33. The third-order valence-electron chi connectivity index (χ3n) is 4.48. The van der Waals surface area contributed by atoms with Crippen molar-refractivity contribution in [3.63, 3.8) is 0 Å². The predicted molar refractivity (Wildman–Crippen MR) is 76.8 cm³/mol. The van der Waals surface area contributed by atoms with E-state index in [1.165, 1.54) is 30.4 Å². The normalized spacial score (nSPS) is 20.9. The van der Waals surface area contributed by atoms with Crippen LogP contribution in [0, 0.1) is 5.92 Å². The van der Waals surface area contributed by atoms with Crippen LogP contribution >= 0.6 is 0 Å². The largest absolute Gasteiger partial charge is 0.393 e. The third-order valence-corrected chi connectivity index (χ3v) is 4.48. The summed E-state index contributed by atoms with van der Waals surface area (Å²) in [6.45, 7) is 4.43. The number of hydrogen-bond acceptors (Lipinski definition) is 1. The van der Waals surface area contributed by atoms with E-state index in [1.807, 2.05) is 0 Å². The standard InChI is InChI=1S/C17H26O/c1-3-5-8-13(4-2)17(18)12-15-11-14-9-6-7-10-16(14)15/h6-7,9-10,13,15,17-18H,3-5,8,11-12H2,1-2H3. The molecule has 2 rings (SSSR count). The molecule has 0 aliphatic heterocycles. The summed E-state index contributed by atoms with van der Waals surface area (Å²) in [6, 6.07) is 8.67. The van der Waals surface area contributed by atoms with Crippen molar-refractivity contribution in [2.24, 2.45) is 5.92 Å². The molecule has 1 nitrogen and oxygen atoms in total. The topological polar surface area (TPSA) is 20.2 Å². The van der Waals surface area contributed by atoms with Crippen LogP contribution in [0.15, 0.2) is 24.3 Å². The van der Waals surface area contributed by atoms with E-state index in [0.717, 1.165) is 19.3 Å². The van der Waals surface area contributed by atoms with E-state index in [0.29, 0.717) is 11.8 Å². The molecule has 3 unspecified atom stereocenters. The minimum Gasteiger partial charge on any atom is -0.393 e. The fourth-order valence-electron chi connectivity index (χ4n) is 3.19. The maximum atomic E-state index is 10.4. The Morgan fingerprint density at radius 3 is 2.72 bits per heavy atom. The smallest absolute Gasteiger partial charge is 0.0574 e. The quantitative estimate of drug-likeness (QED) is 0.760. The average Bonchev–Trinajstić information content (AvgIpc) is 2.37. The Hall–Kier alpha value is -0.820. The summed E-state index contributed by atoms with van der Waals surface area (Å²) >= 11 is 0. The summed E-state index contributed by atoms with van der Waals surface area (Å²) in [7, 11) is 0. The van der Waals surface area contributed by atoms with Crippen LogP contribution in [0.3, 0.4) is 0 Å². The highest BCUT2D eigenvalue weighted by Crippen LogP contribution is 2.39. The van der Waals surface area contributed by atoms with Gasteiger partial charge in [0.05, 0.1) is 6.10 Å². The zero-order valence-corrected chi connectivity index (χ0v) is 11.7. The van der Waals surface area contributed by atoms with Gasteiger partial charge in [0, 0.05) is 0 Å². The van der Waals surface area contributed by atoms with Gasteiger partial charge in [-0.2, -0.15) is 0 Å². The summed E-state index contributed by atoms with van der Waals surface area (Å²) in [5.74, 6) is 1.10. The van der Waals surface area contributed by atoms with Crippen LogP contribution in [0.4, 0.5) is 0 Å². The summed E-state index contributed by atoms with van der Waals surface area (Å²) in [5, 5.41) is 10.4. The van der Waals surface area contributed by atoms with Gasteiger partial charge >= 0.3 is 0 Å². The first-order valence-electron chi connectivity index (χ1n) is 7.52. The number of hydrogen-bond donors (Lipinski definition) is 1. The van der Waals surface area contributed by atoms with Crippen LogP contribution in [0.25, 0.3) is 0 Å². The van der Waals surface area contributed by atoms with Gasteiger partial charge in [0.15, 0.2) is 0 Å². The van der Waals surface area contributed by atoms with Crippen molar-refractivity contribution >= 4 is 0 Å². The highest BCUT2D eigenvalue weighted by molar-refractivity contribution is 5.39. The molecule has 0 fully saturated rings. The van der Waals surface area contributed by atoms with Crippen LogP contribution < -0.4 is 0 Å². The lowest BCUT2D eigenvalue weighted by molar-refractivity contribution is 0.0807. The highest BCUT2D eigenvalue weighted by atomic mass is 16.3. The van der Waals surface area contributed by atoms with Crippen molar-refractivity contribution in [1.82, 2.24) is 0 Å². The highest BCUT2D eigenvalue weighted by Gasteiger charge is 2.29. The molecule has 0 radical (unpaired) electrons. The first-order valence-corrected chi connectivity index (χ1v) is 7.52. The van der Waals surface area contributed by atoms with Gasteiger partial charge in [0.1, 0.15) is 0 Å². The zero-order chi connectivity index (χ0) is 13.0. The monoisotopic (exact) mass is 246 g/mol. The molecule has 0 aromatic heterocycles. The van der Waals surface area contributed by atoms with E-state index < -0.39 is 0 Å². The lowest BCUT2D eigenvalue weighted by atomic mass is 9.73. The predicted octanol–water partition coefficient (Wildman–Crippen LogP) is 4.29. The molecule has 0 heterocycles. The van der Waals surface area contributed by atoms with Gasteiger partial charge in [-0.25, -0.2) is 0 Å². The second-order valence-electron chi connectivity index (χ2n) is 5.71. The molecule has 100 valence electrons. The molecule has 0 spiro atoms. The first-order chi connectivity index (χ1) is 8.76. The minimum absolute atomic E-state index is 0.111. The summed E-state index contributed by atoms with van der Waals surface area (Å²) in [5.41, 5.74) is 2.96. The van der Waals surface area contributed by atoms with E-state index in [2.05, 4.69) is 38.1 Å². The molecule has 1 aliphatic carbocycles. The number of aliphatic hydroxyl groups is 1. The van der Waals surface area contributed by atoms with E-state index in [4.69, 9.17) is 0 Å². The maximum Gasteiger partial charge on any atom is 0.0574 e. The van der Waals surface area contributed by atoms with Crippen LogP contribution in [0.2, 0.25) is 0 Å². The average molecular weight is 246 g/mol. The van der Waals surface area contributed by atoms with Crippen molar-refractivity contribution in [3.05, 3.63) is 35.4 Å². The molecule has 0 saturated heterocycles.